The highest BCUT2D eigenvalue weighted by Gasteiger charge is 2.39. The SMILES string of the molecule is COC(=O)C[C@H](C(=O)N1CCC[C@H]1c1ncc(-c2ccc(C#CC#Cc3cnc([C@@H]4CCCN4C(=O)[C@H](CC(=O)OC)c4ccccc4)[nH]3)c(-c3ccc(N(C)C)cc3)c2)[nH]1)C(C)C. The van der Waals surface area contributed by atoms with Crippen molar-refractivity contribution in [2.24, 2.45) is 11.8 Å². The molecule has 4 atom stereocenters. The van der Waals surface area contributed by atoms with Gasteiger partial charge in [-0.2, -0.15) is 0 Å². The Morgan fingerprint density at radius 2 is 1.36 bits per heavy atom. The number of amides is 2. The van der Waals surface area contributed by atoms with E-state index in [1.807, 2.05) is 80.2 Å². The van der Waals surface area contributed by atoms with Crippen LogP contribution in [-0.2, 0) is 28.7 Å². The van der Waals surface area contributed by atoms with Gasteiger partial charge in [0.25, 0.3) is 0 Å². The maximum absolute atomic E-state index is 14.0. The summed E-state index contributed by atoms with van der Waals surface area (Å²) in [6, 6.07) is 23.2. The van der Waals surface area contributed by atoms with Crippen molar-refractivity contribution in [2.45, 2.75) is 70.4 Å². The number of imidazole rings is 2. The number of hydrogen-bond acceptors (Lipinski definition) is 9. The fourth-order valence-electron chi connectivity index (χ4n) is 8.61. The summed E-state index contributed by atoms with van der Waals surface area (Å²) in [6.07, 6.45) is 6.62. The van der Waals surface area contributed by atoms with Crippen molar-refractivity contribution in [3.8, 4) is 46.1 Å². The standard InChI is InChI=1S/C51H55N7O6/c1-33(2)40(29-46(59)63-5)50(61)57-26-13-19-45(57)49-53-32-43(55-49)37-21-20-35(41(28-37)36-22-24-39(25-23-36)56(3)4)16-10-11-17-38-31-52-48(54-38)44-18-12-27-58(44)51(62)42(30-47(60)64-6)34-14-8-7-9-15-34/h7-9,14-15,20-25,28,31-33,40,42,44-45H,12-13,18-19,26-27,29-30H2,1-6H3,(H,52,54)(H,53,55)/t40-,42+,44-,45-/m0/s1. The smallest absolute Gasteiger partial charge is 0.306 e. The first-order valence-corrected chi connectivity index (χ1v) is 21.8. The maximum atomic E-state index is 14.0. The Bertz CT molecular complexity index is 2590. The predicted octanol–water partition coefficient (Wildman–Crippen LogP) is 7.45. The second-order valence-electron chi connectivity index (χ2n) is 16.8. The number of aromatic amines is 2. The van der Waals surface area contributed by atoms with Crippen molar-refractivity contribution < 1.29 is 28.7 Å². The molecule has 2 N–H and O–H groups in total. The molecule has 13 heteroatoms. The molecule has 0 saturated carbocycles. The normalized spacial score (nSPS) is 16.6. The Hall–Kier alpha value is -7.12. The van der Waals surface area contributed by atoms with Crippen molar-refractivity contribution in [2.75, 3.05) is 46.3 Å². The summed E-state index contributed by atoms with van der Waals surface area (Å²) in [6.45, 7) is 5.07. The monoisotopic (exact) mass is 861 g/mol. The van der Waals surface area contributed by atoms with Crippen LogP contribution in [0.2, 0.25) is 0 Å². The topological polar surface area (TPSA) is 154 Å². The first kappa shape index (κ1) is 44.9. The highest BCUT2D eigenvalue weighted by Crippen LogP contribution is 2.37. The van der Waals surface area contributed by atoms with E-state index in [0.29, 0.717) is 30.4 Å². The van der Waals surface area contributed by atoms with Crippen LogP contribution in [0.1, 0.15) is 98.8 Å². The molecule has 0 spiro atoms. The van der Waals surface area contributed by atoms with Crippen LogP contribution in [0.3, 0.4) is 0 Å². The van der Waals surface area contributed by atoms with Crippen LogP contribution in [0, 0.1) is 35.5 Å². The summed E-state index contributed by atoms with van der Waals surface area (Å²) >= 11 is 0. The molecule has 330 valence electrons. The van der Waals surface area contributed by atoms with Gasteiger partial charge < -0.3 is 34.1 Å². The summed E-state index contributed by atoms with van der Waals surface area (Å²) in [5.41, 5.74) is 6.83. The average Bonchev–Trinajstić information content (AvgIpc) is 4.16. The molecule has 13 nitrogen and oxygen atoms in total. The van der Waals surface area contributed by atoms with Gasteiger partial charge in [0.15, 0.2) is 0 Å². The van der Waals surface area contributed by atoms with Crippen LogP contribution in [0.5, 0.6) is 0 Å². The minimum Gasteiger partial charge on any atom is -0.469 e. The third kappa shape index (κ3) is 10.2. The number of carbonyl (C=O) groups excluding carboxylic acids is 4. The fraction of sp³-hybridized carbons (Fsp3) is 0.373. The van der Waals surface area contributed by atoms with Crippen molar-refractivity contribution in [1.29, 1.82) is 0 Å². The Morgan fingerprint density at radius 1 is 0.750 bits per heavy atom. The van der Waals surface area contributed by atoms with Crippen LogP contribution >= 0.6 is 0 Å². The molecule has 2 aliphatic rings. The fourth-order valence-corrected chi connectivity index (χ4v) is 8.61. The molecule has 2 aromatic heterocycles. The second-order valence-corrected chi connectivity index (χ2v) is 16.8. The second kappa shape index (κ2) is 20.4. The lowest BCUT2D eigenvalue weighted by Crippen LogP contribution is -2.39. The third-order valence-corrected chi connectivity index (χ3v) is 12.2. The number of H-pyrrole nitrogens is 2. The summed E-state index contributed by atoms with van der Waals surface area (Å²) in [7, 11) is 6.68. The molecule has 2 amide bonds. The number of rotatable bonds is 13. The lowest BCUT2D eigenvalue weighted by atomic mass is 9.91. The lowest BCUT2D eigenvalue weighted by molar-refractivity contribution is -0.148. The number of anilines is 1. The molecule has 3 aromatic carbocycles. The molecule has 2 aliphatic heterocycles. The minimum atomic E-state index is -0.662. The first-order chi connectivity index (χ1) is 30.9. The number of hydrogen-bond donors (Lipinski definition) is 2. The minimum absolute atomic E-state index is 0.0243. The first-order valence-electron chi connectivity index (χ1n) is 21.8. The van der Waals surface area contributed by atoms with E-state index in [-0.39, 0.29) is 42.7 Å². The van der Waals surface area contributed by atoms with Gasteiger partial charge in [-0.25, -0.2) is 9.97 Å². The largest absolute Gasteiger partial charge is 0.469 e. The van der Waals surface area contributed by atoms with Crippen molar-refractivity contribution >= 4 is 29.4 Å². The van der Waals surface area contributed by atoms with Crippen LogP contribution in [0.4, 0.5) is 5.69 Å². The summed E-state index contributed by atoms with van der Waals surface area (Å²) in [5, 5.41) is 0. The molecule has 5 aromatic rings. The Kier molecular flexibility index (Phi) is 14.3. The van der Waals surface area contributed by atoms with Gasteiger partial charge in [-0.15, -0.1) is 0 Å². The quantitative estimate of drug-likeness (QED) is 0.0909. The zero-order valence-corrected chi connectivity index (χ0v) is 37.3. The summed E-state index contributed by atoms with van der Waals surface area (Å²) in [4.78, 5) is 74.2. The maximum Gasteiger partial charge on any atom is 0.306 e. The van der Waals surface area contributed by atoms with Gasteiger partial charge in [0.1, 0.15) is 17.3 Å². The highest BCUT2D eigenvalue weighted by atomic mass is 16.5. The molecule has 0 unspecified atom stereocenters. The van der Waals surface area contributed by atoms with Crippen molar-refractivity contribution in [1.82, 2.24) is 29.7 Å². The lowest BCUT2D eigenvalue weighted by Gasteiger charge is -2.29. The Balaban J connectivity index is 1.11. The van der Waals surface area contributed by atoms with Gasteiger partial charge in [-0.1, -0.05) is 68.3 Å². The molecule has 2 fully saturated rings. The average molecular weight is 862 g/mol. The molecule has 7 rings (SSSR count). The van der Waals surface area contributed by atoms with Gasteiger partial charge in [0, 0.05) is 44.0 Å². The molecule has 0 bridgehead atoms. The van der Waals surface area contributed by atoms with Crippen LogP contribution in [-0.4, -0.2) is 94.9 Å². The number of carbonyl (C=O) groups is 4. The van der Waals surface area contributed by atoms with E-state index in [9.17, 15) is 19.2 Å². The number of aromatic nitrogens is 4. The molecule has 64 heavy (non-hydrogen) atoms. The molecule has 0 radical (unpaired) electrons. The van der Waals surface area contributed by atoms with Gasteiger partial charge in [-0.3, -0.25) is 19.2 Å². The Morgan fingerprint density at radius 3 is 2.02 bits per heavy atom. The van der Waals surface area contributed by atoms with E-state index in [1.165, 1.54) is 14.2 Å². The molecule has 0 aliphatic carbocycles. The number of nitrogens with zero attached hydrogens (tertiary/aromatic N) is 5. The zero-order valence-electron chi connectivity index (χ0n) is 37.3. The number of ether oxygens (including phenoxy) is 2. The number of likely N-dealkylation sites (tertiary alicyclic amines) is 2. The number of methoxy groups -OCH3 is 2. The van der Waals surface area contributed by atoms with Crippen LogP contribution < -0.4 is 4.90 Å². The number of benzene rings is 3. The summed E-state index contributed by atoms with van der Waals surface area (Å²) < 4.78 is 9.84. The molecular formula is C51H55N7O6. The van der Waals surface area contributed by atoms with E-state index < -0.39 is 23.8 Å². The predicted molar refractivity (Wildman–Crippen MR) is 244 cm³/mol. The van der Waals surface area contributed by atoms with E-state index in [4.69, 9.17) is 14.5 Å². The van der Waals surface area contributed by atoms with Crippen LogP contribution in [0.25, 0.3) is 22.4 Å². The van der Waals surface area contributed by atoms with Gasteiger partial charge >= 0.3 is 11.9 Å². The molecule has 4 heterocycles. The van der Waals surface area contributed by atoms with Gasteiger partial charge in [-0.05, 0) is 90.3 Å². The van der Waals surface area contributed by atoms with Crippen LogP contribution in [0.15, 0.2) is 85.2 Å². The third-order valence-electron chi connectivity index (χ3n) is 12.2. The molecule has 2 saturated heterocycles. The molecular weight excluding hydrogens is 807 g/mol. The van der Waals surface area contributed by atoms with E-state index in [1.54, 1.807) is 17.3 Å². The van der Waals surface area contributed by atoms with Gasteiger partial charge in [0.2, 0.25) is 11.8 Å². The van der Waals surface area contributed by atoms with E-state index in [2.05, 4.69) is 69.0 Å². The zero-order chi connectivity index (χ0) is 45.3. The number of nitrogens with one attached hydrogen (secondary N) is 2. The van der Waals surface area contributed by atoms with Crippen molar-refractivity contribution in [3.63, 3.8) is 0 Å². The Labute approximate surface area is 375 Å². The van der Waals surface area contributed by atoms with E-state index >= 15 is 0 Å². The summed E-state index contributed by atoms with van der Waals surface area (Å²) in [5.74, 6) is 11.6. The van der Waals surface area contributed by atoms with Crippen molar-refractivity contribution in [3.05, 3.63) is 114 Å². The van der Waals surface area contributed by atoms with Gasteiger partial charge in [0.05, 0.1) is 69.1 Å². The highest BCUT2D eigenvalue weighted by molar-refractivity contribution is 5.89. The number of esters is 2. The van der Waals surface area contributed by atoms with E-state index in [0.717, 1.165) is 64.9 Å².